The van der Waals surface area contributed by atoms with Gasteiger partial charge in [-0.05, 0) is 17.8 Å². The van der Waals surface area contributed by atoms with E-state index in [-0.39, 0.29) is 0 Å². The summed E-state index contributed by atoms with van der Waals surface area (Å²) < 4.78 is 0. The van der Waals surface area contributed by atoms with Crippen LogP contribution in [-0.2, 0) is 0 Å². The Hall–Kier alpha value is -1.66. The molecule has 1 unspecified atom stereocenters. The Bertz CT molecular complexity index is 1070. The molecule has 2 aromatic rings. The van der Waals surface area contributed by atoms with Gasteiger partial charge in [0.15, 0.2) is 15.6 Å². The second kappa shape index (κ2) is 9.00. The fourth-order valence-electron chi connectivity index (χ4n) is 3.16. The van der Waals surface area contributed by atoms with Gasteiger partial charge in [0.05, 0.1) is 27.8 Å². The molecule has 0 spiro atoms. The summed E-state index contributed by atoms with van der Waals surface area (Å²) in [6, 6.07) is 13.9. The molecule has 0 bridgehead atoms. The van der Waals surface area contributed by atoms with Crippen LogP contribution in [0.4, 0.5) is 0 Å². The lowest BCUT2D eigenvalue weighted by Crippen LogP contribution is -2.02. The van der Waals surface area contributed by atoms with Gasteiger partial charge >= 0.3 is 0 Å². The average Bonchev–Trinajstić information content (AvgIpc) is 2.72. The summed E-state index contributed by atoms with van der Waals surface area (Å²) >= 11 is 25.9. The zero-order valence-corrected chi connectivity index (χ0v) is 19.0. The molecular weight excluding hydrogens is 461 g/mol. The van der Waals surface area contributed by atoms with Crippen LogP contribution in [0.5, 0.6) is 0 Å². The monoisotopic (exact) mass is 474 g/mol. The van der Waals surface area contributed by atoms with Gasteiger partial charge in [-0.15, -0.1) is 12.1 Å². The number of hydrogen-bond acceptors (Lipinski definition) is 0. The standard InChI is InChI=1S/C24H15Cl4P/c25-20-9-4-10-21(26)18(20)14-29(15-19-22(27)11-5-12-23(19)28)24-13-3-7-16-6-1-2-8-17(16)24/h1-15H. The number of rotatable bonds is 3. The topological polar surface area (TPSA) is 0 Å². The second-order valence-corrected chi connectivity index (χ2v) is 9.88. The fraction of sp³-hybridized carbons (Fsp3) is 0. The zero-order valence-electron chi connectivity index (χ0n) is 15.1. The van der Waals surface area contributed by atoms with E-state index in [1.807, 2.05) is 48.9 Å². The molecule has 2 aliphatic rings. The summed E-state index contributed by atoms with van der Waals surface area (Å²) in [5, 5.41) is 2.46. The lowest BCUT2D eigenvalue weighted by molar-refractivity contribution is 1.34. The molecule has 2 aliphatic carbocycles. The summed E-state index contributed by atoms with van der Waals surface area (Å²) in [7, 11) is -0.961. The number of halogens is 4. The molecular formula is C24H15Cl4P. The van der Waals surface area contributed by atoms with Crippen LogP contribution < -0.4 is 0 Å². The highest BCUT2D eigenvalue weighted by atomic mass is 35.5. The Morgan fingerprint density at radius 3 is 2.31 bits per heavy atom. The van der Waals surface area contributed by atoms with Gasteiger partial charge in [-0.1, -0.05) is 29.3 Å². The largest absolute Gasteiger partial charge is 0.229 e. The maximum Gasteiger partial charge on any atom is 0.165 e. The van der Waals surface area contributed by atoms with Crippen molar-refractivity contribution in [3.05, 3.63) is 133 Å². The van der Waals surface area contributed by atoms with E-state index in [4.69, 9.17) is 46.4 Å². The number of benzene rings is 2. The van der Waals surface area contributed by atoms with Gasteiger partial charge in [0, 0.05) is 29.6 Å². The van der Waals surface area contributed by atoms with Crippen molar-refractivity contribution in [3.63, 3.8) is 0 Å². The minimum absolute atomic E-state index is 0.615. The van der Waals surface area contributed by atoms with E-state index in [1.54, 1.807) is 0 Å². The Labute approximate surface area is 192 Å². The molecule has 4 rings (SSSR count). The van der Waals surface area contributed by atoms with E-state index in [1.165, 1.54) is 16.8 Å². The molecule has 2 aromatic carbocycles. The Morgan fingerprint density at radius 2 is 1.59 bits per heavy atom. The molecule has 0 aromatic heterocycles. The van der Waals surface area contributed by atoms with E-state index in [0.717, 1.165) is 11.1 Å². The molecule has 0 nitrogen and oxygen atoms in total. The van der Waals surface area contributed by atoms with Gasteiger partial charge in [-0.25, -0.2) is 18.1 Å². The van der Waals surface area contributed by atoms with Crippen LogP contribution in [0.15, 0.2) is 88.2 Å². The predicted octanol–water partition coefficient (Wildman–Crippen LogP) is 8.68. The normalized spacial score (nSPS) is 15.8. The van der Waals surface area contributed by atoms with Gasteiger partial charge in [-0.2, -0.15) is 23.8 Å². The van der Waals surface area contributed by atoms with Crippen molar-refractivity contribution in [3.8, 4) is 0 Å². The zero-order chi connectivity index (χ0) is 20.4. The van der Waals surface area contributed by atoms with Crippen LogP contribution >= 0.6 is 53.9 Å². The van der Waals surface area contributed by atoms with Crippen molar-refractivity contribution >= 4 is 59.7 Å². The molecule has 0 N–H and O–H groups in total. The van der Waals surface area contributed by atoms with Crippen molar-refractivity contribution in [2.45, 2.75) is 0 Å². The van der Waals surface area contributed by atoms with Gasteiger partial charge in [0.1, 0.15) is 19.2 Å². The Morgan fingerprint density at radius 1 is 0.897 bits per heavy atom. The number of allylic oxidation sites excluding steroid dienone is 7. The van der Waals surface area contributed by atoms with Crippen LogP contribution in [0.25, 0.3) is 0 Å². The molecule has 144 valence electrons. The lowest BCUT2D eigenvalue weighted by atomic mass is 9.97. The Balaban J connectivity index is 1.91. The van der Waals surface area contributed by atoms with Crippen molar-refractivity contribution in [2.75, 3.05) is 0 Å². The lowest BCUT2D eigenvalue weighted by Gasteiger charge is -2.30. The van der Waals surface area contributed by atoms with Gasteiger partial charge in [0.2, 0.25) is 0 Å². The van der Waals surface area contributed by atoms with Crippen LogP contribution in [-0.4, -0.2) is 5.80 Å². The van der Waals surface area contributed by atoms with Crippen molar-refractivity contribution in [2.24, 2.45) is 0 Å². The van der Waals surface area contributed by atoms with E-state index in [9.17, 15) is 0 Å². The molecule has 0 fully saturated rings. The summed E-state index contributed by atoms with van der Waals surface area (Å²) in [5.74, 6) is 4.25. The van der Waals surface area contributed by atoms with Crippen LogP contribution in [0.2, 0.25) is 10.0 Å². The predicted molar refractivity (Wildman–Crippen MR) is 130 cm³/mol. The van der Waals surface area contributed by atoms with E-state index in [2.05, 4.69) is 42.3 Å². The smallest absolute Gasteiger partial charge is 0.165 e. The van der Waals surface area contributed by atoms with Gasteiger partial charge in [0.25, 0.3) is 0 Å². The van der Waals surface area contributed by atoms with Crippen molar-refractivity contribution < 1.29 is 0 Å². The molecule has 0 saturated heterocycles. The number of fused-ring (bicyclic) bond motifs is 1. The minimum Gasteiger partial charge on any atom is -0.229 e. The first-order chi connectivity index (χ1) is 14.0. The van der Waals surface area contributed by atoms with Gasteiger partial charge in [-0.3, -0.25) is 0 Å². The highest BCUT2D eigenvalue weighted by Gasteiger charge is 2.27. The highest BCUT2D eigenvalue weighted by Crippen LogP contribution is 2.50. The summed E-state index contributed by atoms with van der Waals surface area (Å²) in [5.41, 5.74) is 5.17. The maximum atomic E-state index is 6.47. The van der Waals surface area contributed by atoms with Crippen LogP contribution in [0, 0.1) is 18.5 Å². The second-order valence-electron chi connectivity index (χ2n) is 6.43. The maximum absolute atomic E-state index is 6.47. The molecule has 0 saturated carbocycles. The number of hydrogen-bond donors (Lipinski definition) is 0. The van der Waals surface area contributed by atoms with Crippen LogP contribution in [0.1, 0.15) is 16.7 Å². The van der Waals surface area contributed by atoms with Crippen LogP contribution in [0.3, 0.4) is 0 Å². The van der Waals surface area contributed by atoms with E-state index < -0.39 is 7.55 Å². The quantitative estimate of drug-likeness (QED) is 0.307. The Kier molecular flexibility index (Phi) is 6.40. The molecule has 29 heavy (non-hydrogen) atoms. The third-order valence-electron chi connectivity index (χ3n) is 4.58. The molecule has 0 radical (unpaired) electrons. The summed E-state index contributed by atoms with van der Waals surface area (Å²) in [6.45, 7) is 0. The summed E-state index contributed by atoms with van der Waals surface area (Å²) in [4.78, 5) is 0. The fourth-order valence-corrected chi connectivity index (χ4v) is 6.68. The summed E-state index contributed by atoms with van der Waals surface area (Å²) in [6.07, 6.45) is 11.8. The van der Waals surface area contributed by atoms with Crippen molar-refractivity contribution in [1.82, 2.24) is 0 Å². The molecule has 0 amide bonds. The van der Waals surface area contributed by atoms with Gasteiger partial charge < -0.3 is 0 Å². The molecule has 5 heteroatoms. The first-order valence-corrected chi connectivity index (χ1v) is 11.9. The third kappa shape index (κ3) is 4.43. The minimum atomic E-state index is -0.961. The van der Waals surface area contributed by atoms with E-state index >= 15 is 0 Å². The van der Waals surface area contributed by atoms with E-state index in [0.29, 0.717) is 20.1 Å². The third-order valence-corrected chi connectivity index (χ3v) is 7.92. The first kappa shape index (κ1) is 20.6. The van der Waals surface area contributed by atoms with Crippen molar-refractivity contribution in [1.29, 1.82) is 0 Å². The average molecular weight is 476 g/mol. The first-order valence-electron chi connectivity index (χ1n) is 8.88. The highest BCUT2D eigenvalue weighted by molar-refractivity contribution is 7.64. The molecule has 1 atom stereocenters. The SMILES string of the molecule is ClC1=C[CH+]C=C(Cl)C1=C[P+](=Cc1c(Cl)cccc1Cl)[C-]1C=C[CH-]c2ccccc21. The molecule has 0 aliphatic heterocycles. The molecule has 0 heterocycles.